The number of aryl methyl sites for hydroxylation is 2. The molecule has 0 fully saturated rings. The van der Waals surface area contributed by atoms with Crippen molar-refractivity contribution in [2.75, 3.05) is 5.32 Å². The van der Waals surface area contributed by atoms with E-state index in [2.05, 4.69) is 30.5 Å². The molecule has 0 bridgehead atoms. The van der Waals surface area contributed by atoms with Gasteiger partial charge in [0.1, 0.15) is 0 Å². The molecule has 0 unspecified atom stereocenters. The highest BCUT2D eigenvalue weighted by atomic mass is 35.5. The molecule has 1 aromatic carbocycles. The van der Waals surface area contributed by atoms with Crippen LogP contribution in [0.2, 0.25) is 5.02 Å². The number of rotatable bonds is 4. The van der Waals surface area contributed by atoms with Crippen LogP contribution in [0, 0.1) is 13.8 Å². The van der Waals surface area contributed by atoms with Crippen molar-refractivity contribution in [1.29, 1.82) is 0 Å². The summed E-state index contributed by atoms with van der Waals surface area (Å²) in [6.45, 7) is 5.77. The number of aromatic nitrogens is 5. The van der Waals surface area contributed by atoms with Crippen LogP contribution in [0.5, 0.6) is 0 Å². The number of hydrogen-bond donors (Lipinski definition) is 3. The predicted molar refractivity (Wildman–Crippen MR) is 111 cm³/mol. The molecule has 0 amide bonds. The van der Waals surface area contributed by atoms with Crippen molar-refractivity contribution in [2.24, 2.45) is 0 Å². The highest BCUT2D eigenvalue weighted by molar-refractivity contribution is 6.35. The monoisotopic (exact) mass is 394 g/mol. The van der Waals surface area contributed by atoms with Crippen LogP contribution < -0.4 is 10.9 Å². The topological polar surface area (TPSA) is 99.4 Å². The van der Waals surface area contributed by atoms with E-state index in [0.29, 0.717) is 22.1 Å². The fraction of sp³-hybridized carbons (Fsp3) is 0.200. The summed E-state index contributed by atoms with van der Waals surface area (Å²) in [5, 5.41) is 11.8. The third-order valence-corrected chi connectivity index (χ3v) is 5.02. The SMILES string of the molecule is Cc1n[nH]c(C)c1-c1ccnc(N[C@@H](C)c2cc3cccc(Cl)c3[nH]c2=O)n1. The summed E-state index contributed by atoms with van der Waals surface area (Å²) >= 11 is 6.17. The number of H-pyrrole nitrogens is 2. The normalized spacial score (nSPS) is 12.3. The summed E-state index contributed by atoms with van der Waals surface area (Å²) in [7, 11) is 0. The number of para-hydroxylation sites is 1. The van der Waals surface area contributed by atoms with Gasteiger partial charge in [-0.05, 0) is 39.0 Å². The summed E-state index contributed by atoms with van der Waals surface area (Å²) in [4.78, 5) is 24.3. The Kier molecular flexibility index (Phi) is 4.60. The minimum atomic E-state index is -0.297. The van der Waals surface area contributed by atoms with E-state index in [9.17, 15) is 4.79 Å². The first-order valence-electron chi connectivity index (χ1n) is 8.87. The van der Waals surface area contributed by atoms with Gasteiger partial charge in [0, 0.05) is 28.4 Å². The van der Waals surface area contributed by atoms with E-state index in [-0.39, 0.29) is 11.6 Å². The molecule has 142 valence electrons. The maximum atomic E-state index is 12.6. The van der Waals surface area contributed by atoms with Crippen LogP contribution in [-0.4, -0.2) is 25.1 Å². The minimum Gasteiger partial charge on any atom is -0.347 e. The average Bonchev–Trinajstić information content (AvgIpc) is 3.00. The van der Waals surface area contributed by atoms with Crippen molar-refractivity contribution in [2.45, 2.75) is 26.8 Å². The molecule has 3 aromatic heterocycles. The summed E-state index contributed by atoms with van der Waals surface area (Å²) in [6, 6.07) is 8.90. The molecule has 3 N–H and O–H groups in total. The summed E-state index contributed by atoms with van der Waals surface area (Å²) in [5.74, 6) is 0.440. The Labute approximate surface area is 166 Å². The minimum absolute atomic E-state index is 0.196. The average molecular weight is 395 g/mol. The third-order valence-electron chi connectivity index (χ3n) is 4.71. The Bertz CT molecular complexity index is 1210. The van der Waals surface area contributed by atoms with Crippen LogP contribution >= 0.6 is 11.6 Å². The van der Waals surface area contributed by atoms with Crippen LogP contribution in [0.25, 0.3) is 22.2 Å². The van der Waals surface area contributed by atoms with Gasteiger partial charge >= 0.3 is 0 Å². The zero-order chi connectivity index (χ0) is 19.8. The van der Waals surface area contributed by atoms with E-state index in [1.54, 1.807) is 12.3 Å². The molecule has 0 aliphatic heterocycles. The Morgan fingerprint density at radius 3 is 2.79 bits per heavy atom. The second-order valence-corrected chi connectivity index (χ2v) is 7.11. The molecular weight excluding hydrogens is 376 g/mol. The quantitative estimate of drug-likeness (QED) is 0.482. The molecule has 0 saturated carbocycles. The van der Waals surface area contributed by atoms with Gasteiger partial charge in [0.25, 0.3) is 5.56 Å². The number of benzene rings is 1. The van der Waals surface area contributed by atoms with Crippen LogP contribution in [0.15, 0.2) is 41.3 Å². The molecule has 1 atom stereocenters. The van der Waals surface area contributed by atoms with Gasteiger partial charge in [0.2, 0.25) is 5.95 Å². The molecule has 28 heavy (non-hydrogen) atoms. The van der Waals surface area contributed by atoms with E-state index in [1.807, 2.05) is 45.0 Å². The number of pyridine rings is 1. The van der Waals surface area contributed by atoms with Gasteiger partial charge in [-0.2, -0.15) is 5.10 Å². The predicted octanol–water partition coefficient (Wildman–Crippen LogP) is 4.15. The maximum Gasteiger partial charge on any atom is 0.253 e. The van der Waals surface area contributed by atoms with Crippen LogP contribution in [-0.2, 0) is 0 Å². The molecule has 4 rings (SSSR count). The van der Waals surface area contributed by atoms with Crippen molar-refractivity contribution in [3.63, 3.8) is 0 Å². The van der Waals surface area contributed by atoms with Gasteiger partial charge in [-0.3, -0.25) is 9.89 Å². The Morgan fingerprint density at radius 2 is 2.04 bits per heavy atom. The van der Waals surface area contributed by atoms with E-state index < -0.39 is 0 Å². The van der Waals surface area contributed by atoms with Crippen LogP contribution in [0.3, 0.4) is 0 Å². The number of halogens is 1. The van der Waals surface area contributed by atoms with E-state index in [1.165, 1.54) is 0 Å². The van der Waals surface area contributed by atoms with Gasteiger partial charge in [-0.1, -0.05) is 23.7 Å². The molecule has 0 aliphatic rings. The number of nitrogens with one attached hydrogen (secondary N) is 3. The largest absolute Gasteiger partial charge is 0.347 e. The molecule has 0 spiro atoms. The third kappa shape index (κ3) is 3.25. The Hall–Kier alpha value is -3.19. The molecule has 4 aromatic rings. The lowest BCUT2D eigenvalue weighted by Gasteiger charge is -2.15. The highest BCUT2D eigenvalue weighted by Crippen LogP contribution is 2.25. The van der Waals surface area contributed by atoms with Gasteiger partial charge in [0.15, 0.2) is 0 Å². The van der Waals surface area contributed by atoms with Gasteiger partial charge < -0.3 is 10.3 Å². The van der Waals surface area contributed by atoms with Crippen molar-refractivity contribution < 1.29 is 0 Å². The van der Waals surface area contributed by atoms with E-state index in [4.69, 9.17) is 11.6 Å². The van der Waals surface area contributed by atoms with E-state index >= 15 is 0 Å². The van der Waals surface area contributed by atoms with Gasteiger partial charge in [-0.25, -0.2) is 9.97 Å². The van der Waals surface area contributed by atoms with Crippen molar-refractivity contribution in [3.05, 3.63) is 68.9 Å². The number of anilines is 1. The molecule has 0 radical (unpaired) electrons. The summed E-state index contributed by atoms with van der Waals surface area (Å²) in [6.07, 6.45) is 1.69. The fourth-order valence-corrected chi connectivity index (χ4v) is 3.53. The number of fused-ring (bicyclic) bond motifs is 1. The zero-order valence-electron chi connectivity index (χ0n) is 15.7. The Balaban J connectivity index is 1.67. The molecule has 8 heteroatoms. The first kappa shape index (κ1) is 18.2. The van der Waals surface area contributed by atoms with Crippen LogP contribution in [0.4, 0.5) is 5.95 Å². The second-order valence-electron chi connectivity index (χ2n) is 6.70. The summed E-state index contributed by atoms with van der Waals surface area (Å²) in [5.41, 5.74) is 4.56. The first-order chi connectivity index (χ1) is 13.4. The van der Waals surface area contributed by atoms with Gasteiger partial charge in [0.05, 0.1) is 28.0 Å². The molecule has 7 nitrogen and oxygen atoms in total. The number of aromatic amines is 2. The molecular formula is C20H19ClN6O. The number of hydrogen-bond acceptors (Lipinski definition) is 5. The first-order valence-corrected chi connectivity index (χ1v) is 9.25. The maximum absolute atomic E-state index is 12.6. The van der Waals surface area contributed by atoms with Crippen LogP contribution in [0.1, 0.15) is 29.9 Å². The number of nitrogens with zero attached hydrogens (tertiary/aromatic N) is 3. The molecule has 3 heterocycles. The standard InChI is InChI=1S/C20H19ClN6O/c1-10(14-9-13-5-4-6-15(21)18(13)25-19(14)28)23-20-22-8-7-16(24-20)17-11(2)26-27-12(17)3/h4-10H,1-3H3,(H,25,28)(H,26,27)(H,22,23,24)/t10-/m0/s1. The highest BCUT2D eigenvalue weighted by Gasteiger charge is 2.15. The van der Waals surface area contributed by atoms with Crippen molar-refractivity contribution in [3.8, 4) is 11.3 Å². The Morgan fingerprint density at radius 1 is 1.21 bits per heavy atom. The van der Waals surface area contributed by atoms with Crippen molar-refractivity contribution >= 4 is 28.5 Å². The lowest BCUT2D eigenvalue weighted by Crippen LogP contribution is -2.20. The summed E-state index contributed by atoms with van der Waals surface area (Å²) < 4.78 is 0. The fourth-order valence-electron chi connectivity index (χ4n) is 3.30. The van der Waals surface area contributed by atoms with E-state index in [0.717, 1.165) is 28.0 Å². The molecule has 0 aliphatic carbocycles. The smallest absolute Gasteiger partial charge is 0.253 e. The lowest BCUT2D eigenvalue weighted by atomic mass is 10.1. The molecule has 0 saturated heterocycles. The zero-order valence-corrected chi connectivity index (χ0v) is 16.4. The second kappa shape index (κ2) is 7.09. The van der Waals surface area contributed by atoms with Crippen molar-refractivity contribution in [1.82, 2.24) is 25.1 Å². The van der Waals surface area contributed by atoms with Gasteiger partial charge in [-0.15, -0.1) is 0 Å². The lowest BCUT2D eigenvalue weighted by molar-refractivity contribution is 0.845.